The number of carbonyl (C=O) groups excluding carboxylic acids is 1. The van der Waals surface area contributed by atoms with E-state index in [0.29, 0.717) is 11.4 Å². The van der Waals surface area contributed by atoms with Crippen molar-refractivity contribution in [1.82, 2.24) is 9.88 Å². The predicted molar refractivity (Wildman–Crippen MR) is 86.0 cm³/mol. The summed E-state index contributed by atoms with van der Waals surface area (Å²) in [6.45, 7) is 3.77. The summed E-state index contributed by atoms with van der Waals surface area (Å²) in [4.78, 5) is 23.4. The highest BCUT2D eigenvalue weighted by molar-refractivity contribution is 6.35. The minimum Gasteiger partial charge on any atom is -0.480 e. The molecule has 2 rings (SSSR count). The van der Waals surface area contributed by atoms with Crippen LogP contribution in [0.15, 0.2) is 30.5 Å². The molecule has 0 radical (unpaired) electrons. The summed E-state index contributed by atoms with van der Waals surface area (Å²) in [7, 11) is 0. The Balaban J connectivity index is 2.14. The molecule has 22 heavy (non-hydrogen) atoms. The van der Waals surface area contributed by atoms with Gasteiger partial charge in [0.05, 0.1) is 0 Å². The smallest absolute Gasteiger partial charge is 0.326 e. The molecule has 0 spiro atoms. The van der Waals surface area contributed by atoms with Crippen LogP contribution in [-0.2, 0) is 16.1 Å². The van der Waals surface area contributed by atoms with E-state index in [-0.39, 0.29) is 18.4 Å². The summed E-state index contributed by atoms with van der Waals surface area (Å²) in [6.07, 6.45) is 2.45. The Bertz CT molecular complexity index is 696. The van der Waals surface area contributed by atoms with Gasteiger partial charge in [-0.1, -0.05) is 37.9 Å². The van der Waals surface area contributed by atoms with Crippen molar-refractivity contribution >= 4 is 34.4 Å². The number of hydrogen-bond donors (Lipinski definition) is 2. The molecule has 0 fully saturated rings. The van der Waals surface area contributed by atoms with E-state index in [2.05, 4.69) is 5.32 Å². The second kappa shape index (κ2) is 6.83. The van der Waals surface area contributed by atoms with E-state index in [0.717, 1.165) is 10.9 Å². The number of nitrogens with one attached hydrogen (secondary N) is 1. The number of carboxylic acids is 1. The molecule has 1 heterocycles. The van der Waals surface area contributed by atoms with E-state index in [1.807, 2.05) is 32.0 Å². The largest absolute Gasteiger partial charge is 0.480 e. The van der Waals surface area contributed by atoms with Crippen molar-refractivity contribution in [3.05, 3.63) is 35.5 Å². The fraction of sp³-hybridized carbons (Fsp3) is 0.375. The Kier molecular flexibility index (Phi) is 5.08. The minimum atomic E-state index is -1.01. The number of aromatic nitrogens is 1. The summed E-state index contributed by atoms with van der Waals surface area (Å²) >= 11 is 6.10. The molecule has 1 aromatic carbocycles. The van der Waals surface area contributed by atoms with Crippen LogP contribution in [0.25, 0.3) is 10.9 Å². The Morgan fingerprint density at radius 3 is 2.73 bits per heavy atom. The van der Waals surface area contributed by atoms with Gasteiger partial charge in [0.25, 0.3) is 0 Å². The van der Waals surface area contributed by atoms with E-state index >= 15 is 0 Å². The number of halogens is 1. The molecule has 1 amide bonds. The third-order valence-electron chi connectivity index (χ3n) is 3.87. The van der Waals surface area contributed by atoms with Crippen LogP contribution in [0.2, 0.25) is 5.02 Å². The first-order chi connectivity index (χ1) is 10.4. The van der Waals surface area contributed by atoms with E-state index in [9.17, 15) is 14.7 Å². The molecule has 0 saturated heterocycles. The number of hydrogen-bond acceptors (Lipinski definition) is 2. The molecule has 2 atom stereocenters. The van der Waals surface area contributed by atoms with Gasteiger partial charge in [0.15, 0.2) is 0 Å². The van der Waals surface area contributed by atoms with Crippen LogP contribution >= 0.6 is 11.6 Å². The molecule has 0 unspecified atom stereocenters. The predicted octanol–water partition coefficient (Wildman–Crippen LogP) is 2.91. The lowest BCUT2D eigenvalue weighted by molar-refractivity contribution is -0.143. The summed E-state index contributed by atoms with van der Waals surface area (Å²) in [5.41, 5.74) is 0.845. The lowest BCUT2D eigenvalue weighted by atomic mass is 9.99. The summed E-state index contributed by atoms with van der Waals surface area (Å²) in [5, 5.41) is 13.3. The SMILES string of the molecule is CC[C@@H](C)[C@H](NC(=O)Cn1ccc2c(Cl)cccc21)C(=O)O. The van der Waals surface area contributed by atoms with Crippen LogP contribution in [-0.4, -0.2) is 27.6 Å². The van der Waals surface area contributed by atoms with Gasteiger partial charge in [-0.15, -0.1) is 0 Å². The number of aliphatic carboxylic acids is 1. The molecular formula is C16H19ClN2O3. The van der Waals surface area contributed by atoms with Crippen LogP contribution in [0.1, 0.15) is 20.3 Å². The van der Waals surface area contributed by atoms with Crippen LogP contribution in [0, 0.1) is 5.92 Å². The summed E-state index contributed by atoms with van der Waals surface area (Å²) in [5.74, 6) is -1.47. The highest BCUT2D eigenvalue weighted by Gasteiger charge is 2.25. The number of carboxylic acid groups (broad SMARTS) is 1. The van der Waals surface area contributed by atoms with Gasteiger partial charge in [-0.2, -0.15) is 0 Å². The van der Waals surface area contributed by atoms with Gasteiger partial charge in [-0.05, 0) is 24.1 Å². The second-order valence-electron chi connectivity index (χ2n) is 5.39. The van der Waals surface area contributed by atoms with Gasteiger partial charge in [0.2, 0.25) is 5.91 Å². The summed E-state index contributed by atoms with van der Waals surface area (Å²) in [6, 6.07) is 6.45. The Labute approximate surface area is 133 Å². The highest BCUT2D eigenvalue weighted by Crippen LogP contribution is 2.24. The van der Waals surface area contributed by atoms with Gasteiger partial charge in [0.1, 0.15) is 12.6 Å². The molecule has 0 aliphatic rings. The molecule has 118 valence electrons. The van der Waals surface area contributed by atoms with Crippen LogP contribution in [0.4, 0.5) is 0 Å². The second-order valence-corrected chi connectivity index (χ2v) is 5.79. The maximum Gasteiger partial charge on any atom is 0.326 e. The van der Waals surface area contributed by atoms with Crippen molar-refractivity contribution in [2.24, 2.45) is 5.92 Å². The maximum absolute atomic E-state index is 12.1. The molecule has 1 aromatic heterocycles. The summed E-state index contributed by atoms with van der Waals surface area (Å²) < 4.78 is 1.76. The first-order valence-corrected chi connectivity index (χ1v) is 7.57. The monoisotopic (exact) mass is 322 g/mol. The normalized spacial score (nSPS) is 13.8. The number of carbonyl (C=O) groups is 2. The molecule has 6 heteroatoms. The fourth-order valence-electron chi connectivity index (χ4n) is 2.38. The van der Waals surface area contributed by atoms with Crippen molar-refractivity contribution in [2.45, 2.75) is 32.9 Å². The zero-order chi connectivity index (χ0) is 16.3. The average Bonchev–Trinajstić information content (AvgIpc) is 2.88. The Morgan fingerprint density at radius 2 is 2.09 bits per heavy atom. The standard InChI is InChI=1S/C16H19ClN2O3/c1-3-10(2)15(16(21)22)18-14(20)9-19-8-7-11-12(17)5-4-6-13(11)19/h4-8,10,15H,3,9H2,1-2H3,(H,18,20)(H,21,22)/t10-,15+/m1/s1. The van der Waals surface area contributed by atoms with Crippen molar-refractivity contribution in [2.75, 3.05) is 0 Å². The van der Waals surface area contributed by atoms with E-state index in [1.54, 1.807) is 16.8 Å². The first-order valence-electron chi connectivity index (χ1n) is 7.19. The van der Waals surface area contributed by atoms with Crippen LogP contribution in [0.3, 0.4) is 0 Å². The molecule has 0 aliphatic carbocycles. The Hall–Kier alpha value is -2.01. The average molecular weight is 323 g/mol. The molecule has 2 N–H and O–H groups in total. The van der Waals surface area contributed by atoms with Crippen molar-refractivity contribution < 1.29 is 14.7 Å². The molecule has 5 nitrogen and oxygen atoms in total. The quantitative estimate of drug-likeness (QED) is 0.859. The van der Waals surface area contributed by atoms with E-state index in [4.69, 9.17) is 11.6 Å². The molecular weight excluding hydrogens is 304 g/mol. The van der Waals surface area contributed by atoms with E-state index in [1.165, 1.54) is 0 Å². The van der Waals surface area contributed by atoms with Crippen molar-refractivity contribution in [3.63, 3.8) is 0 Å². The van der Waals surface area contributed by atoms with Crippen LogP contribution < -0.4 is 5.32 Å². The highest BCUT2D eigenvalue weighted by atomic mass is 35.5. The van der Waals surface area contributed by atoms with Gasteiger partial charge in [0, 0.05) is 22.1 Å². The lowest BCUT2D eigenvalue weighted by Crippen LogP contribution is -2.46. The number of nitrogens with zero attached hydrogens (tertiary/aromatic N) is 1. The lowest BCUT2D eigenvalue weighted by Gasteiger charge is -2.20. The first kappa shape index (κ1) is 16.4. The van der Waals surface area contributed by atoms with Crippen molar-refractivity contribution in [1.29, 1.82) is 0 Å². The molecule has 2 aromatic rings. The molecule has 0 aliphatic heterocycles. The van der Waals surface area contributed by atoms with Crippen LogP contribution in [0.5, 0.6) is 0 Å². The molecule has 0 saturated carbocycles. The third-order valence-corrected chi connectivity index (χ3v) is 4.20. The zero-order valence-electron chi connectivity index (χ0n) is 12.5. The Morgan fingerprint density at radius 1 is 1.36 bits per heavy atom. The number of fused-ring (bicyclic) bond motifs is 1. The maximum atomic E-state index is 12.1. The topological polar surface area (TPSA) is 71.3 Å². The molecule has 0 bridgehead atoms. The number of benzene rings is 1. The minimum absolute atomic E-state index is 0.0596. The van der Waals surface area contributed by atoms with Gasteiger partial charge < -0.3 is 15.0 Å². The zero-order valence-corrected chi connectivity index (χ0v) is 13.3. The van der Waals surface area contributed by atoms with Gasteiger partial charge in [-0.3, -0.25) is 4.79 Å². The van der Waals surface area contributed by atoms with Gasteiger partial charge >= 0.3 is 5.97 Å². The fourth-order valence-corrected chi connectivity index (χ4v) is 2.61. The van der Waals surface area contributed by atoms with Crippen molar-refractivity contribution in [3.8, 4) is 0 Å². The number of rotatable bonds is 6. The van der Waals surface area contributed by atoms with E-state index < -0.39 is 12.0 Å². The van der Waals surface area contributed by atoms with Gasteiger partial charge in [-0.25, -0.2) is 4.79 Å². The third kappa shape index (κ3) is 3.42. The number of amides is 1.